The van der Waals surface area contributed by atoms with Crippen molar-refractivity contribution in [2.24, 2.45) is 0 Å². The van der Waals surface area contributed by atoms with Gasteiger partial charge in [-0.2, -0.15) is 0 Å². The Kier molecular flexibility index (Phi) is 4.91. The Morgan fingerprint density at radius 2 is 1.89 bits per heavy atom. The molecule has 27 heavy (non-hydrogen) atoms. The van der Waals surface area contributed by atoms with Gasteiger partial charge < -0.3 is 14.8 Å². The van der Waals surface area contributed by atoms with Crippen molar-refractivity contribution in [1.82, 2.24) is 0 Å². The lowest BCUT2D eigenvalue weighted by atomic mass is 10.1. The third-order valence-corrected chi connectivity index (χ3v) is 3.94. The number of nitrogens with one attached hydrogen (secondary N) is 1. The van der Waals surface area contributed by atoms with Gasteiger partial charge in [-0.3, -0.25) is 14.9 Å². The second kappa shape index (κ2) is 7.30. The topological polar surface area (TPSA) is 123 Å². The molecule has 0 aliphatic heterocycles. The van der Waals surface area contributed by atoms with E-state index in [-0.39, 0.29) is 22.0 Å². The molecular formula is C18H11ClN2O6. The summed E-state index contributed by atoms with van der Waals surface area (Å²) in [6.07, 6.45) is 0. The highest BCUT2D eigenvalue weighted by Gasteiger charge is 2.16. The van der Waals surface area contributed by atoms with Gasteiger partial charge in [0.1, 0.15) is 5.76 Å². The molecule has 9 heteroatoms. The highest BCUT2D eigenvalue weighted by Crippen LogP contribution is 2.26. The number of amides is 1. The second-order valence-electron chi connectivity index (χ2n) is 5.43. The minimum absolute atomic E-state index is 0.0166. The van der Waals surface area contributed by atoms with E-state index >= 15 is 0 Å². The van der Waals surface area contributed by atoms with Gasteiger partial charge in [0.05, 0.1) is 15.5 Å². The highest BCUT2D eigenvalue weighted by atomic mass is 35.5. The Hall–Kier alpha value is -3.65. The molecular weight excluding hydrogens is 376 g/mol. The van der Waals surface area contributed by atoms with E-state index in [1.54, 1.807) is 6.07 Å². The van der Waals surface area contributed by atoms with Gasteiger partial charge in [-0.15, -0.1) is 0 Å². The Labute approximate surface area is 157 Å². The van der Waals surface area contributed by atoms with E-state index in [2.05, 4.69) is 5.32 Å². The number of non-ortho nitro benzene ring substituents is 1. The standard InChI is InChI=1S/C18H11ClN2O6/c19-14-9-11(4-5-13(14)18(23)24)20-17(22)16-7-6-15(27-16)10-2-1-3-12(8-10)21(25)26/h1-9H,(H,20,22)(H,23,24). The van der Waals surface area contributed by atoms with Crippen LogP contribution in [0.2, 0.25) is 5.02 Å². The number of furan rings is 1. The van der Waals surface area contributed by atoms with Gasteiger partial charge in [-0.25, -0.2) is 4.79 Å². The number of hydrogen-bond acceptors (Lipinski definition) is 5. The third kappa shape index (κ3) is 3.96. The largest absolute Gasteiger partial charge is 0.478 e. The zero-order valence-electron chi connectivity index (χ0n) is 13.5. The van der Waals surface area contributed by atoms with Crippen LogP contribution in [0.25, 0.3) is 11.3 Å². The quantitative estimate of drug-likeness (QED) is 0.493. The minimum atomic E-state index is -1.18. The summed E-state index contributed by atoms with van der Waals surface area (Å²) in [7, 11) is 0. The predicted octanol–water partition coefficient (Wildman–Crippen LogP) is 4.46. The number of aromatic carboxylic acids is 1. The number of anilines is 1. The molecule has 0 radical (unpaired) electrons. The molecule has 2 aromatic carbocycles. The van der Waals surface area contributed by atoms with Crippen molar-refractivity contribution in [2.45, 2.75) is 0 Å². The third-order valence-electron chi connectivity index (χ3n) is 3.63. The van der Waals surface area contributed by atoms with Crippen LogP contribution in [-0.4, -0.2) is 21.9 Å². The van der Waals surface area contributed by atoms with E-state index in [4.69, 9.17) is 21.1 Å². The van der Waals surface area contributed by atoms with E-state index in [1.165, 1.54) is 48.5 Å². The summed E-state index contributed by atoms with van der Waals surface area (Å²) in [5, 5.41) is 22.3. The van der Waals surface area contributed by atoms with Crippen molar-refractivity contribution >= 4 is 34.9 Å². The molecule has 3 rings (SSSR count). The summed E-state index contributed by atoms with van der Waals surface area (Å²) in [6, 6.07) is 12.8. The molecule has 0 saturated heterocycles. The van der Waals surface area contributed by atoms with Crippen molar-refractivity contribution in [3.63, 3.8) is 0 Å². The van der Waals surface area contributed by atoms with Crippen molar-refractivity contribution < 1.29 is 24.0 Å². The van der Waals surface area contributed by atoms with E-state index in [9.17, 15) is 19.7 Å². The normalized spacial score (nSPS) is 10.4. The number of nitro groups is 1. The number of halogens is 1. The molecule has 0 spiro atoms. The molecule has 0 atom stereocenters. The van der Waals surface area contributed by atoms with E-state index in [1.807, 2.05) is 0 Å². The van der Waals surface area contributed by atoms with Gasteiger partial charge in [0.25, 0.3) is 11.6 Å². The molecule has 0 unspecified atom stereocenters. The van der Waals surface area contributed by atoms with E-state index in [0.717, 1.165) is 0 Å². The fraction of sp³-hybridized carbons (Fsp3) is 0. The van der Waals surface area contributed by atoms with Crippen LogP contribution in [0.4, 0.5) is 11.4 Å². The maximum atomic E-state index is 12.3. The number of rotatable bonds is 5. The Morgan fingerprint density at radius 1 is 1.11 bits per heavy atom. The van der Waals surface area contributed by atoms with Crippen molar-refractivity contribution in [1.29, 1.82) is 0 Å². The maximum Gasteiger partial charge on any atom is 0.337 e. The average molecular weight is 387 g/mol. The first-order valence-electron chi connectivity index (χ1n) is 7.54. The van der Waals surface area contributed by atoms with Crippen LogP contribution < -0.4 is 5.32 Å². The summed E-state index contributed by atoms with van der Waals surface area (Å²) in [6.45, 7) is 0. The summed E-state index contributed by atoms with van der Waals surface area (Å²) in [5.74, 6) is -1.48. The number of carbonyl (C=O) groups excluding carboxylic acids is 1. The summed E-state index contributed by atoms with van der Waals surface area (Å²) in [5.41, 5.74) is 0.573. The van der Waals surface area contributed by atoms with Crippen molar-refractivity contribution in [3.8, 4) is 11.3 Å². The number of nitro benzene ring substituents is 1. The zero-order valence-corrected chi connectivity index (χ0v) is 14.3. The van der Waals surface area contributed by atoms with Crippen LogP contribution in [0.1, 0.15) is 20.9 Å². The summed E-state index contributed by atoms with van der Waals surface area (Å²) < 4.78 is 5.47. The van der Waals surface area contributed by atoms with Gasteiger partial charge in [0.15, 0.2) is 5.76 Å². The van der Waals surface area contributed by atoms with Gasteiger partial charge >= 0.3 is 5.97 Å². The number of benzene rings is 2. The second-order valence-corrected chi connectivity index (χ2v) is 5.83. The molecule has 0 aliphatic carbocycles. The van der Waals surface area contributed by atoms with Gasteiger partial charge in [-0.1, -0.05) is 23.7 Å². The Bertz CT molecular complexity index is 1060. The van der Waals surface area contributed by atoms with Crippen LogP contribution in [0, 0.1) is 10.1 Å². The van der Waals surface area contributed by atoms with Crippen LogP contribution in [0.15, 0.2) is 59.0 Å². The Morgan fingerprint density at radius 3 is 2.56 bits per heavy atom. The number of carboxylic acid groups (broad SMARTS) is 1. The van der Waals surface area contributed by atoms with Gasteiger partial charge in [-0.05, 0) is 30.3 Å². The van der Waals surface area contributed by atoms with Crippen LogP contribution in [-0.2, 0) is 0 Å². The number of carbonyl (C=O) groups is 2. The SMILES string of the molecule is O=C(Nc1ccc(C(=O)O)c(Cl)c1)c1ccc(-c2cccc([N+](=O)[O-])c2)o1. The summed E-state index contributed by atoms with van der Waals surface area (Å²) in [4.78, 5) is 33.6. The molecule has 0 aliphatic rings. The molecule has 1 aromatic heterocycles. The minimum Gasteiger partial charge on any atom is -0.478 e. The van der Waals surface area contributed by atoms with Gasteiger partial charge in [0.2, 0.25) is 0 Å². The van der Waals surface area contributed by atoms with Crippen molar-refractivity contribution in [3.05, 3.63) is 81.1 Å². The molecule has 3 aromatic rings. The van der Waals surface area contributed by atoms with E-state index < -0.39 is 16.8 Å². The zero-order chi connectivity index (χ0) is 19.6. The highest BCUT2D eigenvalue weighted by molar-refractivity contribution is 6.33. The fourth-order valence-corrected chi connectivity index (χ4v) is 2.61. The lowest BCUT2D eigenvalue weighted by Gasteiger charge is -2.05. The number of carboxylic acids is 1. The molecule has 0 saturated carbocycles. The van der Waals surface area contributed by atoms with E-state index in [0.29, 0.717) is 17.0 Å². The summed E-state index contributed by atoms with van der Waals surface area (Å²) >= 11 is 5.87. The van der Waals surface area contributed by atoms with Crippen LogP contribution in [0.3, 0.4) is 0 Å². The first-order valence-corrected chi connectivity index (χ1v) is 7.92. The molecule has 0 bridgehead atoms. The smallest absolute Gasteiger partial charge is 0.337 e. The molecule has 2 N–H and O–H groups in total. The lowest BCUT2D eigenvalue weighted by molar-refractivity contribution is -0.384. The number of nitrogens with zero attached hydrogens (tertiary/aromatic N) is 1. The average Bonchev–Trinajstić information content (AvgIpc) is 3.12. The lowest BCUT2D eigenvalue weighted by Crippen LogP contribution is -2.11. The monoisotopic (exact) mass is 386 g/mol. The molecule has 1 heterocycles. The van der Waals surface area contributed by atoms with Crippen LogP contribution in [0.5, 0.6) is 0 Å². The van der Waals surface area contributed by atoms with Crippen LogP contribution >= 0.6 is 11.6 Å². The first kappa shape index (κ1) is 18.2. The van der Waals surface area contributed by atoms with Gasteiger partial charge in [0, 0.05) is 23.4 Å². The molecule has 136 valence electrons. The molecule has 0 fully saturated rings. The number of hydrogen-bond donors (Lipinski definition) is 2. The maximum absolute atomic E-state index is 12.3. The predicted molar refractivity (Wildman–Crippen MR) is 97.2 cm³/mol. The van der Waals surface area contributed by atoms with Crippen molar-refractivity contribution in [2.75, 3.05) is 5.32 Å². The first-order chi connectivity index (χ1) is 12.8. The molecule has 8 nitrogen and oxygen atoms in total. The Balaban J connectivity index is 1.79. The fourth-order valence-electron chi connectivity index (χ4n) is 2.35. The molecule has 1 amide bonds.